The largest absolute Gasteiger partial charge is 0.416 e. The van der Waals surface area contributed by atoms with Gasteiger partial charge in [0.25, 0.3) is 11.8 Å². The van der Waals surface area contributed by atoms with Gasteiger partial charge < -0.3 is 4.90 Å². The lowest BCUT2D eigenvalue weighted by atomic mass is 10.1. The van der Waals surface area contributed by atoms with E-state index in [0.717, 1.165) is 11.0 Å². The van der Waals surface area contributed by atoms with Gasteiger partial charge in [-0.1, -0.05) is 30.3 Å². The first-order valence-corrected chi connectivity index (χ1v) is 8.67. The normalized spacial score (nSPS) is 19.5. The molecule has 144 valence electrons. The first kappa shape index (κ1) is 18.2. The number of nitrogens with zero attached hydrogens (tertiary/aromatic N) is 2. The molecule has 1 fully saturated rings. The number of alkyl halides is 3. The van der Waals surface area contributed by atoms with Crippen LogP contribution in [-0.2, 0) is 17.5 Å². The fraction of sp³-hybridized carbons (Fsp3) is 0.250. The monoisotopic (exact) mass is 388 g/mol. The second-order valence-corrected chi connectivity index (χ2v) is 6.81. The van der Waals surface area contributed by atoms with Crippen molar-refractivity contribution in [2.75, 3.05) is 6.54 Å². The molecule has 0 radical (unpaired) electrons. The average molecular weight is 388 g/mol. The van der Waals surface area contributed by atoms with Crippen LogP contribution in [-0.4, -0.2) is 40.1 Å². The van der Waals surface area contributed by atoms with Crippen molar-refractivity contribution in [1.82, 2.24) is 9.80 Å². The van der Waals surface area contributed by atoms with E-state index in [0.29, 0.717) is 0 Å². The Hall–Kier alpha value is -3.16. The molecule has 0 spiro atoms. The summed E-state index contributed by atoms with van der Waals surface area (Å²) in [6, 6.07) is 10.8. The molecule has 0 unspecified atom stereocenters. The number of likely N-dealkylation sites (tertiary alicyclic amines) is 1. The molecular formula is C20H15F3N2O3. The summed E-state index contributed by atoms with van der Waals surface area (Å²) in [6.45, 7) is -0.218. The number of imide groups is 1. The van der Waals surface area contributed by atoms with Crippen molar-refractivity contribution in [1.29, 1.82) is 0 Å². The highest BCUT2D eigenvalue weighted by molar-refractivity contribution is 6.21. The Bertz CT molecular complexity index is 952. The molecule has 5 nitrogen and oxygen atoms in total. The van der Waals surface area contributed by atoms with Gasteiger partial charge in [0.2, 0.25) is 5.91 Å². The zero-order valence-corrected chi connectivity index (χ0v) is 14.6. The van der Waals surface area contributed by atoms with E-state index in [2.05, 4.69) is 0 Å². The van der Waals surface area contributed by atoms with Crippen LogP contribution in [0.25, 0.3) is 0 Å². The molecule has 0 aliphatic carbocycles. The third-order valence-electron chi connectivity index (χ3n) is 5.07. The quantitative estimate of drug-likeness (QED) is 0.760. The Kier molecular flexibility index (Phi) is 4.21. The van der Waals surface area contributed by atoms with Gasteiger partial charge in [0.1, 0.15) is 0 Å². The molecule has 2 aromatic rings. The van der Waals surface area contributed by atoms with Crippen molar-refractivity contribution in [2.24, 2.45) is 0 Å². The first-order chi connectivity index (χ1) is 13.3. The van der Waals surface area contributed by atoms with Crippen LogP contribution in [0.1, 0.15) is 38.3 Å². The van der Waals surface area contributed by atoms with Crippen molar-refractivity contribution in [3.05, 3.63) is 70.8 Å². The molecule has 2 heterocycles. The molecule has 0 saturated carbocycles. The van der Waals surface area contributed by atoms with Gasteiger partial charge in [-0.05, 0) is 23.8 Å². The summed E-state index contributed by atoms with van der Waals surface area (Å²) in [6.07, 6.45) is -4.62. The molecule has 0 aromatic heterocycles. The van der Waals surface area contributed by atoms with Crippen LogP contribution < -0.4 is 0 Å². The third-order valence-corrected chi connectivity index (χ3v) is 5.07. The molecule has 2 aromatic carbocycles. The maximum atomic E-state index is 13.2. The van der Waals surface area contributed by atoms with Crippen LogP contribution in [0.2, 0.25) is 0 Å². The standard InChI is InChI=1S/C20H15F3N2O3/c21-20(22,23)16-8-4-1-5-12(16)10-24-11-13(9-17(24)26)25-18(27)14-6-2-3-7-15(14)19(25)28/h1-8,13H,9-11H2/t13-/m0/s1. The number of rotatable bonds is 3. The maximum absolute atomic E-state index is 13.2. The summed E-state index contributed by atoms with van der Waals surface area (Å²) in [7, 11) is 0. The van der Waals surface area contributed by atoms with Crippen molar-refractivity contribution in [3.63, 3.8) is 0 Å². The zero-order valence-electron chi connectivity index (χ0n) is 14.6. The molecule has 0 N–H and O–H groups in total. The topological polar surface area (TPSA) is 57.7 Å². The van der Waals surface area contributed by atoms with Gasteiger partial charge in [-0.15, -0.1) is 0 Å². The summed E-state index contributed by atoms with van der Waals surface area (Å²) in [5, 5.41) is 0. The van der Waals surface area contributed by atoms with E-state index in [1.165, 1.54) is 23.1 Å². The number of hydrogen-bond donors (Lipinski definition) is 0. The van der Waals surface area contributed by atoms with Crippen LogP contribution in [0.5, 0.6) is 0 Å². The van der Waals surface area contributed by atoms with E-state index in [9.17, 15) is 27.6 Å². The van der Waals surface area contributed by atoms with Crippen molar-refractivity contribution < 1.29 is 27.6 Å². The number of amides is 3. The van der Waals surface area contributed by atoms with Gasteiger partial charge in [-0.3, -0.25) is 19.3 Å². The van der Waals surface area contributed by atoms with Crippen molar-refractivity contribution in [2.45, 2.75) is 25.2 Å². The predicted molar refractivity (Wildman–Crippen MR) is 92.2 cm³/mol. The van der Waals surface area contributed by atoms with E-state index in [-0.39, 0.29) is 36.2 Å². The van der Waals surface area contributed by atoms with Gasteiger partial charge in [0.15, 0.2) is 0 Å². The molecule has 28 heavy (non-hydrogen) atoms. The molecule has 8 heteroatoms. The Morgan fingerprint density at radius 1 is 0.893 bits per heavy atom. The van der Waals surface area contributed by atoms with E-state index in [4.69, 9.17) is 0 Å². The molecule has 4 rings (SSSR count). The van der Waals surface area contributed by atoms with Crippen LogP contribution in [0.3, 0.4) is 0 Å². The van der Waals surface area contributed by atoms with Crippen molar-refractivity contribution in [3.8, 4) is 0 Å². The Morgan fingerprint density at radius 3 is 2.07 bits per heavy atom. The number of carbonyl (C=O) groups excluding carboxylic acids is 3. The lowest BCUT2D eigenvalue weighted by molar-refractivity contribution is -0.139. The molecule has 3 amide bonds. The number of carbonyl (C=O) groups is 3. The molecule has 0 bridgehead atoms. The highest BCUT2D eigenvalue weighted by Crippen LogP contribution is 2.34. The minimum Gasteiger partial charge on any atom is -0.336 e. The summed E-state index contributed by atoms with van der Waals surface area (Å²) in [5.41, 5.74) is -0.264. The summed E-state index contributed by atoms with van der Waals surface area (Å²) in [5.74, 6) is -1.34. The zero-order chi connectivity index (χ0) is 20.1. The highest BCUT2D eigenvalue weighted by Gasteiger charge is 2.44. The third kappa shape index (κ3) is 2.94. The van der Waals surface area contributed by atoms with Crippen LogP contribution >= 0.6 is 0 Å². The molecular weight excluding hydrogens is 373 g/mol. The Balaban J connectivity index is 1.55. The number of benzene rings is 2. The van der Waals surface area contributed by atoms with Crippen LogP contribution in [0, 0.1) is 0 Å². The smallest absolute Gasteiger partial charge is 0.336 e. The second-order valence-electron chi connectivity index (χ2n) is 6.81. The lowest BCUT2D eigenvalue weighted by Crippen LogP contribution is -2.41. The van der Waals surface area contributed by atoms with Gasteiger partial charge in [0.05, 0.1) is 22.7 Å². The van der Waals surface area contributed by atoms with Crippen molar-refractivity contribution >= 4 is 17.7 Å². The Morgan fingerprint density at radius 2 is 1.46 bits per heavy atom. The molecule has 1 saturated heterocycles. The SMILES string of the molecule is O=C1C[C@H](N2C(=O)c3ccccc3C2=O)CN1Cc1ccccc1C(F)(F)F. The summed E-state index contributed by atoms with van der Waals surface area (Å²) >= 11 is 0. The lowest BCUT2D eigenvalue weighted by Gasteiger charge is -2.23. The molecule has 2 aliphatic rings. The first-order valence-electron chi connectivity index (χ1n) is 8.67. The van der Waals surface area contributed by atoms with Crippen LogP contribution in [0.4, 0.5) is 13.2 Å². The fourth-order valence-corrected chi connectivity index (χ4v) is 3.76. The van der Waals surface area contributed by atoms with Crippen LogP contribution in [0.15, 0.2) is 48.5 Å². The minimum atomic E-state index is -4.53. The average Bonchev–Trinajstić information content (AvgIpc) is 3.12. The second kappa shape index (κ2) is 6.47. The van der Waals surface area contributed by atoms with Gasteiger partial charge in [0, 0.05) is 19.5 Å². The van der Waals surface area contributed by atoms with E-state index in [1.54, 1.807) is 24.3 Å². The number of fused-ring (bicyclic) bond motifs is 1. The van der Waals surface area contributed by atoms with E-state index < -0.39 is 35.5 Å². The summed E-state index contributed by atoms with van der Waals surface area (Å²) in [4.78, 5) is 39.9. The fourth-order valence-electron chi connectivity index (χ4n) is 3.76. The molecule has 1 atom stereocenters. The van der Waals surface area contributed by atoms with Gasteiger partial charge in [-0.25, -0.2) is 0 Å². The summed E-state index contributed by atoms with van der Waals surface area (Å²) < 4.78 is 39.6. The number of halogens is 3. The van der Waals surface area contributed by atoms with Gasteiger partial charge in [-0.2, -0.15) is 13.2 Å². The predicted octanol–water partition coefficient (Wildman–Crippen LogP) is 3.10. The Labute approximate surface area is 158 Å². The van der Waals surface area contributed by atoms with E-state index >= 15 is 0 Å². The van der Waals surface area contributed by atoms with Gasteiger partial charge >= 0.3 is 6.18 Å². The highest BCUT2D eigenvalue weighted by atomic mass is 19.4. The molecule has 2 aliphatic heterocycles. The minimum absolute atomic E-state index is 0.0104. The van der Waals surface area contributed by atoms with E-state index in [1.807, 2.05) is 0 Å². The number of hydrogen-bond acceptors (Lipinski definition) is 3. The maximum Gasteiger partial charge on any atom is 0.416 e.